The smallest absolute Gasteiger partial charge is 0.276 e. The van der Waals surface area contributed by atoms with Gasteiger partial charge in [0.05, 0.1) is 11.4 Å². The number of amides is 1. The molecule has 0 radical (unpaired) electrons. The fourth-order valence-corrected chi connectivity index (χ4v) is 2.47. The van der Waals surface area contributed by atoms with Gasteiger partial charge in [-0.05, 0) is 30.3 Å². The van der Waals surface area contributed by atoms with Crippen LogP contribution in [0.5, 0.6) is 0 Å². The second-order valence-electron chi connectivity index (χ2n) is 5.47. The number of carbonyl (C=O) groups excluding carboxylic acids is 1. The van der Waals surface area contributed by atoms with Crippen LogP contribution in [0.3, 0.4) is 0 Å². The van der Waals surface area contributed by atoms with E-state index in [4.69, 9.17) is 0 Å². The number of anilines is 1. The monoisotopic (exact) mass is 359 g/mol. The normalized spacial score (nSPS) is 10.5. The average molecular weight is 359 g/mol. The summed E-state index contributed by atoms with van der Waals surface area (Å²) >= 11 is 0. The van der Waals surface area contributed by atoms with Gasteiger partial charge in [0.25, 0.3) is 11.5 Å². The zero-order valence-corrected chi connectivity index (χ0v) is 13.9. The van der Waals surface area contributed by atoms with Gasteiger partial charge in [0, 0.05) is 12.3 Å². The summed E-state index contributed by atoms with van der Waals surface area (Å²) in [6, 6.07) is 14.9. The Balaban J connectivity index is 1.67. The summed E-state index contributed by atoms with van der Waals surface area (Å²) in [6.45, 7) is 0. The lowest BCUT2D eigenvalue weighted by molar-refractivity contribution is 0.102. The Kier molecular flexibility index (Phi) is 4.24. The molecule has 0 unspecified atom stereocenters. The van der Waals surface area contributed by atoms with E-state index < -0.39 is 5.91 Å². The SMILES string of the molecule is O=C(Nc1cccnc1-n1cncn1)c1ccc(=O)n(-c2ccccc2)n1. The summed E-state index contributed by atoms with van der Waals surface area (Å²) in [4.78, 5) is 32.9. The van der Waals surface area contributed by atoms with Crippen LogP contribution in [0.1, 0.15) is 10.5 Å². The van der Waals surface area contributed by atoms with E-state index >= 15 is 0 Å². The molecule has 0 fully saturated rings. The molecule has 0 aliphatic carbocycles. The Hall–Kier alpha value is -4.14. The average Bonchev–Trinajstić information content (AvgIpc) is 3.24. The van der Waals surface area contributed by atoms with E-state index in [9.17, 15) is 9.59 Å². The van der Waals surface area contributed by atoms with Crippen molar-refractivity contribution in [1.82, 2.24) is 29.5 Å². The fourth-order valence-electron chi connectivity index (χ4n) is 2.47. The zero-order valence-electron chi connectivity index (χ0n) is 13.9. The van der Waals surface area contributed by atoms with E-state index in [1.807, 2.05) is 6.07 Å². The maximum atomic E-state index is 12.7. The van der Waals surface area contributed by atoms with E-state index in [0.717, 1.165) is 0 Å². The van der Waals surface area contributed by atoms with Crippen molar-refractivity contribution >= 4 is 11.6 Å². The highest BCUT2D eigenvalue weighted by Gasteiger charge is 2.14. The highest BCUT2D eigenvalue weighted by Crippen LogP contribution is 2.16. The van der Waals surface area contributed by atoms with Crippen molar-refractivity contribution in [2.45, 2.75) is 0 Å². The lowest BCUT2D eigenvalue weighted by Gasteiger charge is -2.10. The first-order valence-corrected chi connectivity index (χ1v) is 7.99. The minimum Gasteiger partial charge on any atom is -0.317 e. The van der Waals surface area contributed by atoms with Gasteiger partial charge in [0.1, 0.15) is 18.3 Å². The highest BCUT2D eigenvalue weighted by atomic mass is 16.2. The van der Waals surface area contributed by atoms with Crippen LogP contribution in [-0.2, 0) is 0 Å². The Morgan fingerprint density at radius 3 is 2.63 bits per heavy atom. The standard InChI is InChI=1S/C18H13N7O2/c26-16-9-8-15(23-25(16)13-5-2-1-3-6-13)18(27)22-14-7-4-10-20-17(14)24-12-19-11-21-24/h1-12H,(H,22,27). The number of pyridine rings is 1. The first-order chi connectivity index (χ1) is 13.2. The molecule has 3 aromatic heterocycles. The van der Waals surface area contributed by atoms with Crippen LogP contribution in [0.15, 0.2) is 78.2 Å². The molecule has 9 heteroatoms. The zero-order chi connectivity index (χ0) is 18.6. The summed E-state index contributed by atoms with van der Waals surface area (Å²) < 4.78 is 2.62. The van der Waals surface area contributed by atoms with Crippen LogP contribution in [0.2, 0.25) is 0 Å². The van der Waals surface area contributed by atoms with Crippen LogP contribution in [0.25, 0.3) is 11.5 Å². The molecule has 3 heterocycles. The minimum atomic E-state index is -0.478. The number of hydrogen-bond acceptors (Lipinski definition) is 6. The molecule has 4 aromatic rings. The molecule has 0 aliphatic rings. The van der Waals surface area contributed by atoms with Gasteiger partial charge < -0.3 is 5.32 Å². The number of nitrogens with one attached hydrogen (secondary N) is 1. The van der Waals surface area contributed by atoms with Gasteiger partial charge >= 0.3 is 0 Å². The van der Waals surface area contributed by atoms with E-state index in [-0.39, 0.29) is 11.3 Å². The summed E-state index contributed by atoms with van der Waals surface area (Å²) in [5.41, 5.74) is 0.767. The van der Waals surface area contributed by atoms with Crippen molar-refractivity contribution in [3.05, 3.63) is 89.5 Å². The number of rotatable bonds is 4. The Morgan fingerprint density at radius 2 is 1.85 bits per heavy atom. The molecule has 4 rings (SSSR count). The van der Waals surface area contributed by atoms with Gasteiger partial charge in [0.15, 0.2) is 5.82 Å². The summed E-state index contributed by atoms with van der Waals surface area (Å²) in [6.07, 6.45) is 4.43. The number of hydrogen-bond donors (Lipinski definition) is 1. The molecule has 0 saturated carbocycles. The topological polar surface area (TPSA) is 108 Å². The van der Waals surface area contributed by atoms with E-state index in [0.29, 0.717) is 17.2 Å². The first kappa shape index (κ1) is 16.3. The lowest BCUT2D eigenvalue weighted by Crippen LogP contribution is -2.25. The molecule has 9 nitrogen and oxygen atoms in total. The molecular weight excluding hydrogens is 346 g/mol. The highest BCUT2D eigenvalue weighted by molar-refractivity contribution is 6.03. The van der Waals surface area contributed by atoms with E-state index in [2.05, 4.69) is 25.5 Å². The van der Waals surface area contributed by atoms with Crippen molar-refractivity contribution in [2.75, 3.05) is 5.32 Å². The molecule has 0 bridgehead atoms. The second kappa shape index (κ2) is 7.00. The van der Waals surface area contributed by atoms with Gasteiger partial charge in [0.2, 0.25) is 0 Å². The first-order valence-electron chi connectivity index (χ1n) is 7.99. The van der Waals surface area contributed by atoms with Crippen LogP contribution < -0.4 is 10.9 Å². The van der Waals surface area contributed by atoms with Crippen molar-refractivity contribution in [3.63, 3.8) is 0 Å². The third-order valence-corrected chi connectivity index (χ3v) is 3.70. The van der Waals surface area contributed by atoms with Crippen LogP contribution in [0.4, 0.5) is 5.69 Å². The van der Waals surface area contributed by atoms with Gasteiger partial charge in [-0.1, -0.05) is 18.2 Å². The van der Waals surface area contributed by atoms with Gasteiger partial charge in [-0.2, -0.15) is 14.9 Å². The number of aromatic nitrogens is 6. The molecular formula is C18H13N7O2. The Bertz CT molecular complexity index is 1140. The van der Waals surface area contributed by atoms with Gasteiger partial charge in [-0.25, -0.2) is 14.6 Å². The van der Waals surface area contributed by atoms with Gasteiger partial charge in [-0.3, -0.25) is 9.59 Å². The molecule has 0 aliphatic heterocycles. The molecule has 0 atom stereocenters. The molecule has 27 heavy (non-hydrogen) atoms. The van der Waals surface area contributed by atoms with Crippen LogP contribution >= 0.6 is 0 Å². The summed E-state index contributed by atoms with van der Waals surface area (Å²) in [5, 5.41) is 10.9. The maximum Gasteiger partial charge on any atom is 0.276 e. The van der Waals surface area contributed by atoms with E-state index in [1.165, 1.54) is 34.2 Å². The van der Waals surface area contributed by atoms with Crippen molar-refractivity contribution in [2.24, 2.45) is 0 Å². The number of para-hydroxylation sites is 1. The predicted molar refractivity (Wildman–Crippen MR) is 96.9 cm³/mol. The third kappa shape index (κ3) is 3.33. The molecule has 0 saturated heterocycles. The Morgan fingerprint density at radius 1 is 1.00 bits per heavy atom. The minimum absolute atomic E-state index is 0.0897. The molecule has 132 valence electrons. The van der Waals surface area contributed by atoms with Crippen molar-refractivity contribution in [1.29, 1.82) is 0 Å². The van der Waals surface area contributed by atoms with Crippen LogP contribution in [-0.4, -0.2) is 35.4 Å². The second-order valence-corrected chi connectivity index (χ2v) is 5.47. The summed E-state index contributed by atoms with van der Waals surface area (Å²) in [7, 11) is 0. The Labute approximate surface area is 153 Å². The molecule has 1 N–H and O–H groups in total. The fraction of sp³-hybridized carbons (Fsp3) is 0. The number of carbonyl (C=O) groups is 1. The largest absolute Gasteiger partial charge is 0.317 e. The lowest BCUT2D eigenvalue weighted by atomic mass is 10.3. The molecule has 1 amide bonds. The molecule has 1 aromatic carbocycles. The van der Waals surface area contributed by atoms with Gasteiger partial charge in [-0.15, -0.1) is 0 Å². The quantitative estimate of drug-likeness (QED) is 0.591. The molecule has 0 spiro atoms. The maximum absolute atomic E-state index is 12.7. The number of benzene rings is 1. The number of nitrogens with zero attached hydrogens (tertiary/aromatic N) is 6. The van der Waals surface area contributed by atoms with Crippen LogP contribution in [0, 0.1) is 0 Å². The van der Waals surface area contributed by atoms with Crippen molar-refractivity contribution < 1.29 is 4.79 Å². The van der Waals surface area contributed by atoms with E-state index in [1.54, 1.807) is 42.6 Å². The predicted octanol–water partition coefficient (Wildman–Crippen LogP) is 1.46. The van der Waals surface area contributed by atoms with Crippen molar-refractivity contribution in [3.8, 4) is 11.5 Å². The third-order valence-electron chi connectivity index (χ3n) is 3.70. The summed E-state index contributed by atoms with van der Waals surface area (Å²) in [5.74, 6) is -0.0613.